The van der Waals surface area contributed by atoms with Gasteiger partial charge in [-0.05, 0) is 96.2 Å². The quantitative estimate of drug-likeness (QED) is 0.361. The highest BCUT2D eigenvalue weighted by Crippen LogP contribution is 2.68. The Morgan fingerprint density at radius 3 is 2.31 bits per heavy atom. The molecular weight excluding hydrogens is 448 g/mol. The van der Waals surface area contributed by atoms with Crippen LogP contribution in [0, 0.1) is 41.9 Å². The predicted molar refractivity (Wildman–Crippen MR) is 148 cm³/mol. The maximum atomic E-state index is 11.9. The summed E-state index contributed by atoms with van der Waals surface area (Å²) in [6.07, 6.45) is 9.74. The van der Waals surface area contributed by atoms with Crippen LogP contribution in [0.1, 0.15) is 90.0 Å². The second-order valence-corrected chi connectivity index (χ2v) is 19.1. The lowest BCUT2D eigenvalue weighted by Crippen LogP contribution is -2.64. The molecule has 4 rings (SSSR count). The first kappa shape index (κ1) is 26.8. The molecular formula is C31H48O3Si. The van der Waals surface area contributed by atoms with Gasteiger partial charge in [0.05, 0.1) is 24.9 Å². The number of hydrogen-bond acceptors (Lipinski definition) is 3. The van der Waals surface area contributed by atoms with Gasteiger partial charge in [0, 0.05) is 5.41 Å². The summed E-state index contributed by atoms with van der Waals surface area (Å²) in [5, 5.41) is 12.1. The van der Waals surface area contributed by atoms with Crippen molar-refractivity contribution in [3.8, 4) is 18.1 Å². The van der Waals surface area contributed by atoms with Crippen LogP contribution in [0.4, 0.5) is 0 Å². The molecule has 0 saturated heterocycles. The van der Waals surface area contributed by atoms with Crippen LogP contribution in [0.3, 0.4) is 0 Å². The third-order valence-corrected chi connectivity index (χ3v) is 15.9. The first-order valence-corrected chi connectivity index (χ1v) is 16.4. The summed E-state index contributed by atoms with van der Waals surface area (Å²) in [5.74, 6) is 4.39. The minimum absolute atomic E-state index is 0.00366. The minimum Gasteiger partial charge on any atom is -0.495 e. The van der Waals surface area contributed by atoms with E-state index < -0.39 is 14.4 Å². The van der Waals surface area contributed by atoms with E-state index >= 15 is 0 Å². The summed E-state index contributed by atoms with van der Waals surface area (Å²) in [4.78, 5) is 0. The summed E-state index contributed by atoms with van der Waals surface area (Å²) in [5.41, 5.74) is 4.42. The minimum atomic E-state index is -1.90. The Labute approximate surface area is 215 Å². The van der Waals surface area contributed by atoms with Crippen LogP contribution in [0.2, 0.25) is 18.1 Å². The molecule has 3 aliphatic rings. The lowest BCUT2D eigenvalue weighted by molar-refractivity contribution is -0.178. The van der Waals surface area contributed by atoms with Crippen LogP contribution in [-0.4, -0.2) is 32.7 Å². The summed E-state index contributed by atoms with van der Waals surface area (Å²) >= 11 is 0. The third-order valence-electron chi connectivity index (χ3n) is 11.4. The molecule has 0 amide bonds. The van der Waals surface area contributed by atoms with Crippen molar-refractivity contribution in [3.63, 3.8) is 0 Å². The Balaban J connectivity index is 1.76. The molecule has 0 heterocycles. The maximum absolute atomic E-state index is 11.9. The largest absolute Gasteiger partial charge is 0.495 e. The zero-order valence-electron chi connectivity index (χ0n) is 24.1. The van der Waals surface area contributed by atoms with Gasteiger partial charge in [-0.1, -0.05) is 54.4 Å². The summed E-state index contributed by atoms with van der Waals surface area (Å²) in [6.45, 7) is 23.5. The Hall–Kier alpha value is -1.28. The lowest BCUT2D eigenvalue weighted by Gasteiger charge is -2.64. The fourth-order valence-electron chi connectivity index (χ4n) is 8.11. The molecule has 1 aromatic rings. The standard InChI is InChI=1S/C31H48O3Si/c1-13-20-19(2)21-16-25-30(8)15-14-27(34-35(11,12)28(3,4)5)29(6,7)24(30)18-26(32)31(25,9)22(21)17-23(20)33-10/h1,17,24-27,32H,14-16,18H2,2-12H3/t24-,25+,26-,27-,30-,31-/m0/s1. The van der Waals surface area contributed by atoms with Crippen molar-refractivity contribution in [2.45, 2.75) is 117 Å². The van der Waals surface area contributed by atoms with Gasteiger partial charge in [0.2, 0.25) is 0 Å². The Kier molecular flexibility index (Phi) is 6.20. The summed E-state index contributed by atoms with van der Waals surface area (Å²) in [6, 6.07) is 2.14. The van der Waals surface area contributed by atoms with Gasteiger partial charge in [0.25, 0.3) is 0 Å². The van der Waals surface area contributed by atoms with Gasteiger partial charge < -0.3 is 14.3 Å². The molecule has 0 aliphatic heterocycles. The molecule has 194 valence electrons. The molecule has 0 radical (unpaired) electrons. The van der Waals surface area contributed by atoms with Crippen LogP contribution in [0.15, 0.2) is 6.07 Å². The number of rotatable bonds is 3. The molecule has 1 N–H and O–H groups in total. The fourth-order valence-corrected chi connectivity index (χ4v) is 9.60. The number of benzene rings is 1. The van der Waals surface area contributed by atoms with Crippen LogP contribution in [0.5, 0.6) is 5.75 Å². The van der Waals surface area contributed by atoms with E-state index in [1.54, 1.807) is 7.11 Å². The first-order valence-electron chi connectivity index (χ1n) is 13.5. The van der Waals surface area contributed by atoms with Crippen molar-refractivity contribution in [3.05, 3.63) is 28.3 Å². The lowest BCUT2D eigenvalue weighted by atomic mass is 9.42. The average Bonchev–Trinajstić information content (AvgIpc) is 3.07. The first-order chi connectivity index (χ1) is 16.0. The van der Waals surface area contributed by atoms with Gasteiger partial charge in [-0.3, -0.25) is 0 Å². The van der Waals surface area contributed by atoms with E-state index in [0.717, 1.165) is 42.6 Å². The van der Waals surface area contributed by atoms with Crippen LogP contribution >= 0.6 is 0 Å². The number of terminal acetylenes is 1. The Bertz CT molecular complexity index is 1060. The van der Waals surface area contributed by atoms with E-state index in [-0.39, 0.29) is 27.4 Å². The maximum Gasteiger partial charge on any atom is 0.192 e. The van der Waals surface area contributed by atoms with Gasteiger partial charge in [-0.25, -0.2) is 0 Å². The zero-order valence-corrected chi connectivity index (χ0v) is 25.1. The van der Waals surface area contributed by atoms with Crippen molar-refractivity contribution in [1.82, 2.24) is 0 Å². The monoisotopic (exact) mass is 496 g/mol. The molecule has 3 nitrogen and oxygen atoms in total. The van der Waals surface area contributed by atoms with Gasteiger partial charge in [-0.15, -0.1) is 6.42 Å². The molecule has 1 aromatic carbocycles. The molecule has 0 unspecified atom stereocenters. The van der Waals surface area contributed by atoms with E-state index in [4.69, 9.17) is 15.6 Å². The molecule has 0 bridgehead atoms. The van der Waals surface area contributed by atoms with Crippen molar-refractivity contribution in [2.24, 2.45) is 22.7 Å². The molecule has 6 atom stereocenters. The van der Waals surface area contributed by atoms with E-state index in [0.29, 0.717) is 11.8 Å². The number of ether oxygens (including phenoxy) is 1. The highest BCUT2D eigenvalue weighted by Gasteiger charge is 2.66. The molecule has 4 heteroatoms. The highest BCUT2D eigenvalue weighted by molar-refractivity contribution is 6.74. The van der Waals surface area contributed by atoms with Crippen molar-refractivity contribution >= 4 is 8.32 Å². The highest BCUT2D eigenvalue weighted by atomic mass is 28.4. The molecule has 3 aliphatic carbocycles. The fraction of sp³-hybridized carbons (Fsp3) is 0.742. The Morgan fingerprint density at radius 1 is 1.14 bits per heavy atom. The average molecular weight is 497 g/mol. The number of fused-ring (bicyclic) bond motifs is 5. The van der Waals surface area contributed by atoms with E-state index in [9.17, 15) is 5.11 Å². The van der Waals surface area contributed by atoms with Gasteiger partial charge >= 0.3 is 0 Å². The van der Waals surface area contributed by atoms with Crippen molar-refractivity contribution in [2.75, 3.05) is 7.11 Å². The van der Waals surface area contributed by atoms with Crippen LogP contribution in [0.25, 0.3) is 0 Å². The van der Waals surface area contributed by atoms with Gasteiger partial charge in [-0.2, -0.15) is 0 Å². The van der Waals surface area contributed by atoms with Crippen molar-refractivity contribution in [1.29, 1.82) is 0 Å². The number of aliphatic hydroxyl groups excluding tert-OH is 1. The molecule has 0 spiro atoms. The van der Waals surface area contributed by atoms with Crippen LogP contribution < -0.4 is 4.74 Å². The van der Waals surface area contributed by atoms with Crippen LogP contribution in [-0.2, 0) is 16.3 Å². The van der Waals surface area contributed by atoms with Crippen molar-refractivity contribution < 1.29 is 14.3 Å². The molecule has 0 aromatic heterocycles. The van der Waals surface area contributed by atoms with E-state index in [1.165, 1.54) is 11.1 Å². The number of aliphatic hydroxyl groups is 1. The van der Waals surface area contributed by atoms with Gasteiger partial charge in [0.15, 0.2) is 8.32 Å². The number of methoxy groups -OCH3 is 1. The van der Waals surface area contributed by atoms with E-state index in [2.05, 4.69) is 80.5 Å². The summed E-state index contributed by atoms with van der Waals surface area (Å²) < 4.78 is 12.8. The predicted octanol–water partition coefficient (Wildman–Crippen LogP) is 7.01. The summed E-state index contributed by atoms with van der Waals surface area (Å²) in [7, 11) is -0.204. The SMILES string of the molecule is C#Cc1c(OC)cc2c(c1C)C[C@@H]1[C@@]3(C)CC[C@H](O[Si](C)(C)C(C)(C)C)C(C)(C)[C@@H]3C[C@H](O)[C@@]21C. The molecule has 2 fully saturated rings. The number of hydrogen-bond donors (Lipinski definition) is 1. The molecule has 35 heavy (non-hydrogen) atoms. The normalized spacial score (nSPS) is 36.1. The molecule has 2 saturated carbocycles. The smallest absolute Gasteiger partial charge is 0.192 e. The third kappa shape index (κ3) is 3.59. The van der Waals surface area contributed by atoms with Gasteiger partial charge in [0.1, 0.15) is 5.75 Å². The van der Waals surface area contributed by atoms with E-state index in [1.807, 2.05) is 0 Å². The Morgan fingerprint density at radius 2 is 1.77 bits per heavy atom. The second-order valence-electron chi connectivity index (χ2n) is 14.3. The topological polar surface area (TPSA) is 38.7 Å². The zero-order chi connectivity index (χ0) is 26.4. The second kappa shape index (κ2) is 8.11.